The van der Waals surface area contributed by atoms with Crippen molar-refractivity contribution in [2.75, 3.05) is 17.2 Å². The Kier molecular flexibility index (Phi) is 5.03. The van der Waals surface area contributed by atoms with E-state index < -0.39 is 5.97 Å². The van der Waals surface area contributed by atoms with Gasteiger partial charge in [-0.1, -0.05) is 25.2 Å². The number of anilines is 2. The standard InChI is InChI=1S/C18H19N3O4S/c1-9(2)8-25-17(24)15-10(3)19-18(26-15)21-16(23)11-4-5-13-12(6-11)7-14(22)20-13/h4-6,9H,7-8H2,1-3H3,(H,20,22)(H,19,21,23). The van der Waals surface area contributed by atoms with Gasteiger partial charge in [0.05, 0.1) is 18.7 Å². The third-order valence-corrected chi connectivity index (χ3v) is 4.80. The van der Waals surface area contributed by atoms with E-state index in [2.05, 4.69) is 15.6 Å². The number of esters is 1. The molecule has 0 atom stereocenters. The second-order valence-corrected chi connectivity index (χ2v) is 7.48. The Bertz CT molecular complexity index is 889. The van der Waals surface area contributed by atoms with Crippen LogP contribution < -0.4 is 10.6 Å². The molecule has 0 fully saturated rings. The first-order valence-electron chi connectivity index (χ1n) is 8.22. The van der Waals surface area contributed by atoms with E-state index in [0.29, 0.717) is 27.9 Å². The van der Waals surface area contributed by atoms with Crippen LogP contribution in [-0.4, -0.2) is 29.4 Å². The van der Waals surface area contributed by atoms with Gasteiger partial charge >= 0.3 is 5.97 Å². The maximum absolute atomic E-state index is 12.4. The first kappa shape index (κ1) is 18.1. The SMILES string of the molecule is Cc1nc(NC(=O)c2ccc3c(c2)CC(=O)N3)sc1C(=O)OCC(C)C. The number of aromatic nitrogens is 1. The number of ether oxygens (including phenoxy) is 1. The van der Waals surface area contributed by atoms with Crippen LogP contribution in [0.1, 0.15) is 45.1 Å². The number of nitrogens with one attached hydrogen (secondary N) is 2. The minimum Gasteiger partial charge on any atom is -0.461 e. The van der Waals surface area contributed by atoms with E-state index in [1.165, 1.54) is 0 Å². The average Bonchev–Trinajstić information content (AvgIpc) is 3.13. The zero-order chi connectivity index (χ0) is 18.8. The van der Waals surface area contributed by atoms with Gasteiger partial charge in [0.1, 0.15) is 4.88 Å². The number of carbonyl (C=O) groups is 3. The van der Waals surface area contributed by atoms with Crippen molar-refractivity contribution in [1.82, 2.24) is 4.98 Å². The number of nitrogens with zero attached hydrogens (tertiary/aromatic N) is 1. The van der Waals surface area contributed by atoms with Crippen molar-refractivity contribution >= 4 is 39.9 Å². The average molecular weight is 373 g/mol. The Balaban J connectivity index is 1.70. The molecule has 2 N–H and O–H groups in total. The van der Waals surface area contributed by atoms with Crippen molar-refractivity contribution in [2.24, 2.45) is 5.92 Å². The molecule has 1 aliphatic rings. The number of amides is 2. The molecular weight excluding hydrogens is 354 g/mol. The fourth-order valence-electron chi connectivity index (χ4n) is 2.49. The normalized spacial score (nSPS) is 12.7. The molecular formula is C18H19N3O4S. The van der Waals surface area contributed by atoms with E-state index >= 15 is 0 Å². The van der Waals surface area contributed by atoms with Gasteiger partial charge in [-0.3, -0.25) is 14.9 Å². The molecule has 1 aromatic carbocycles. The maximum Gasteiger partial charge on any atom is 0.350 e. The summed E-state index contributed by atoms with van der Waals surface area (Å²) in [7, 11) is 0. The van der Waals surface area contributed by atoms with Crippen LogP contribution in [0, 0.1) is 12.8 Å². The van der Waals surface area contributed by atoms with Crippen molar-refractivity contribution in [3.63, 3.8) is 0 Å². The van der Waals surface area contributed by atoms with Gasteiger partial charge in [0.25, 0.3) is 5.91 Å². The number of hydrogen-bond acceptors (Lipinski definition) is 6. The molecule has 0 saturated carbocycles. The minimum atomic E-state index is -0.434. The van der Waals surface area contributed by atoms with Crippen molar-refractivity contribution in [3.8, 4) is 0 Å². The molecule has 0 unspecified atom stereocenters. The molecule has 2 amide bonds. The van der Waals surface area contributed by atoms with Gasteiger partial charge in [0.2, 0.25) is 5.91 Å². The molecule has 7 nitrogen and oxygen atoms in total. The van der Waals surface area contributed by atoms with Crippen LogP contribution >= 0.6 is 11.3 Å². The van der Waals surface area contributed by atoms with Crippen LogP contribution in [-0.2, 0) is 16.0 Å². The van der Waals surface area contributed by atoms with Crippen molar-refractivity contribution in [3.05, 3.63) is 39.9 Å². The summed E-state index contributed by atoms with van der Waals surface area (Å²) in [5.41, 5.74) is 2.46. The summed E-state index contributed by atoms with van der Waals surface area (Å²) in [5, 5.41) is 5.75. The molecule has 0 bridgehead atoms. The molecule has 8 heteroatoms. The summed E-state index contributed by atoms with van der Waals surface area (Å²) in [6.07, 6.45) is 0.263. The lowest BCUT2D eigenvalue weighted by Crippen LogP contribution is -2.11. The highest BCUT2D eigenvalue weighted by Crippen LogP contribution is 2.26. The van der Waals surface area contributed by atoms with Crippen molar-refractivity contribution in [1.29, 1.82) is 0 Å². The van der Waals surface area contributed by atoms with E-state index in [0.717, 1.165) is 22.6 Å². The second kappa shape index (κ2) is 7.25. The molecule has 3 rings (SSSR count). The molecule has 0 saturated heterocycles. The van der Waals surface area contributed by atoms with Gasteiger partial charge in [0.15, 0.2) is 5.13 Å². The van der Waals surface area contributed by atoms with Crippen molar-refractivity contribution in [2.45, 2.75) is 27.2 Å². The monoisotopic (exact) mass is 373 g/mol. The van der Waals surface area contributed by atoms with Gasteiger partial charge in [-0.15, -0.1) is 0 Å². The molecule has 1 aliphatic heterocycles. The van der Waals surface area contributed by atoms with Crippen LogP contribution in [0.4, 0.5) is 10.8 Å². The number of hydrogen-bond donors (Lipinski definition) is 2. The second-order valence-electron chi connectivity index (χ2n) is 6.48. The third kappa shape index (κ3) is 3.91. The number of benzene rings is 1. The zero-order valence-corrected chi connectivity index (χ0v) is 15.5. The smallest absolute Gasteiger partial charge is 0.350 e. The number of carbonyl (C=O) groups excluding carboxylic acids is 3. The topological polar surface area (TPSA) is 97.4 Å². The molecule has 2 aromatic rings. The fourth-order valence-corrected chi connectivity index (χ4v) is 3.34. The molecule has 0 spiro atoms. The van der Waals surface area contributed by atoms with E-state index in [4.69, 9.17) is 4.74 Å². The van der Waals surface area contributed by atoms with Crippen LogP contribution in [0.25, 0.3) is 0 Å². The molecule has 136 valence electrons. The van der Waals surface area contributed by atoms with E-state index in [9.17, 15) is 14.4 Å². The number of fused-ring (bicyclic) bond motifs is 1. The highest BCUT2D eigenvalue weighted by atomic mass is 32.1. The number of aryl methyl sites for hydroxylation is 1. The largest absolute Gasteiger partial charge is 0.461 e. The van der Waals surface area contributed by atoms with Crippen LogP contribution in [0.5, 0.6) is 0 Å². The molecule has 0 radical (unpaired) electrons. The molecule has 2 heterocycles. The van der Waals surface area contributed by atoms with E-state index in [1.54, 1.807) is 25.1 Å². The highest BCUT2D eigenvalue weighted by Gasteiger charge is 2.21. The molecule has 26 heavy (non-hydrogen) atoms. The number of thiazole rings is 1. The Hall–Kier alpha value is -2.74. The number of rotatable bonds is 5. The van der Waals surface area contributed by atoms with Gasteiger partial charge < -0.3 is 10.1 Å². The van der Waals surface area contributed by atoms with Gasteiger partial charge in [-0.05, 0) is 36.6 Å². The Morgan fingerprint density at radius 1 is 1.38 bits per heavy atom. The lowest BCUT2D eigenvalue weighted by molar-refractivity contribution is -0.115. The van der Waals surface area contributed by atoms with Crippen LogP contribution in [0.15, 0.2) is 18.2 Å². The van der Waals surface area contributed by atoms with Gasteiger partial charge in [-0.25, -0.2) is 9.78 Å². The Morgan fingerprint density at radius 3 is 2.88 bits per heavy atom. The lowest BCUT2D eigenvalue weighted by atomic mass is 10.1. The predicted octanol–water partition coefficient (Wildman–Crippen LogP) is 3.01. The molecule has 1 aromatic heterocycles. The molecule has 0 aliphatic carbocycles. The quantitative estimate of drug-likeness (QED) is 0.785. The third-order valence-electron chi connectivity index (χ3n) is 3.74. The first-order valence-corrected chi connectivity index (χ1v) is 9.04. The zero-order valence-electron chi connectivity index (χ0n) is 14.7. The predicted molar refractivity (Wildman–Crippen MR) is 98.7 cm³/mol. The summed E-state index contributed by atoms with van der Waals surface area (Å²) in [4.78, 5) is 40.5. The van der Waals surface area contributed by atoms with Crippen LogP contribution in [0.2, 0.25) is 0 Å². The Morgan fingerprint density at radius 2 is 2.15 bits per heavy atom. The van der Waals surface area contributed by atoms with Crippen molar-refractivity contribution < 1.29 is 19.1 Å². The summed E-state index contributed by atoms with van der Waals surface area (Å²) in [5.74, 6) is -0.621. The maximum atomic E-state index is 12.4. The lowest BCUT2D eigenvalue weighted by Gasteiger charge is -2.05. The van der Waals surface area contributed by atoms with E-state index in [-0.39, 0.29) is 24.2 Å². The van der Waals surface area contributed by atoms with Gasteiger partial charge in [0, 0.05) is 11.3 Å². The summed E-state index contributed by atoms with van der Waals surface area (Å²) in [6, 6.07) is 5.02. The van der Waals surface area contributed by atoms with Gasteiger partial charge in [-0.2, -0.15) is 0 Å². The highest BCUT2D eigenvalue weighted by molar-refractivity contribution is 7.17. The van der Waals surface area contributed by atoms with E-state index in [1.807, 2.05) is 13.8 Å². The Labute approximate surface area is 154 Å². The minimum absolute atomic E-state index is 0.0855. The first-order chi connectivity index (χ1) is 12.3. The fraction of sp³-hybridized carbons (Fsp3) is 0.333. The van der Waals surface area contributed by atoms with Crippen LogP contribution in [0.3, 0.4) is 0 Å². The summed E-state index contributed by atoms with van der Waals surface area (Å²) in [6.45, 7) is 5.95. The summed E-state index contributed by atoms with van der Waals surface area (Å²) >= 11 is 1.08. The summed E-state index contributed by atoms with van der Waals surface area (Å²) < 4.78 is 5.21.